The summed E-state index contributed by atoms with van der Waals surface area (Å²) in [6.07, 6.45) is 1.79. The van der Waals surface area contributed by atoms with Gasteiger partial charge in [-0.05, 0) is 30.2 Å². The van der Waals surface area contributed by atoms with Gasteiger partial charge in [-0.3, -0.25) is 10.1 Å². The second-order valence-corrected chi connectivity index (χ2v) is 7.26. The van der Waals surface area contributed by atoms with Crippen molar-refractivity contribution in [1.82, 2.24) is 9.97 Å². The van der Waals surface area contributed by atoms with E-state index in [-0.39, 0.29) is 17.3 Å². The Morgan fingerprint density at radius 3 is 2.24 bits per heavy atom. The molecule has 0 saturated heterocycles. The maximum Gasteiger partial charge on any atom is 0.353 e. The average Bonchev–Trinajstić information content (AvgIpc) is 2.84. The van der Waals surface area contributed by atoms with Gasteiger partial charge < -0.3 is 29.6 Å². The van der Waals surface area contributed by atoms with Gasteiger partial charge in [-0.1, -0.05) is 17.7 Å². The highest BCUT2D eigenvalue weighted by Gasteiger charge is 2.24. The van der Waals surface area contributed by atoms with Crippen molar-refractivity contribution in [2.75, 3.05) is 45.6 Å². The largest absolute Gasteiger partial charge is 0.495 e. The number of ether oxygens (including phenoxy) is 4. The third kappa shape index (κ3) is 5.49. The molecule has 34 heavy (non-hydrogen) atoms. The molecule has 0 unspecified atom stereocenters. The van der Waals surface area contributed by atoms with Gasteiger partial charge in [-0.2, -0.15) is 0 Å². The van der Waals surface area contributed by atoms with Crippen molar-refractivity contribution in [3.63, 3.8) is 0 Å². The molecule has 2 aromatic carbocycles. The average molecular weight is 490 g/mol. The molecule has 3 rings (SSSR count). The van der Waals surface area contributed by atoms with Crippen molar-refractivity contribution >= 4 is 34.6 Å². The van der Waals surface area contributed by atoms with E-state index in [2.05, 4.69) is 20.6 Å². The minimum atomic E-state index is -0.557. The first-order valence-electron chi connectivity index (χ1n) is 10.0. The van der Waals surface area contributed by atoms with Crippen LogP contribution in [-0.2, 0) is 6.42 Å². The van der Waals surface area contributed by atoms with Crippen LogP contribution in [0.5, 0.6) is 23.0 Å². The number of benzene rings is 2. The van der Waals surface area contributed by atoms with Gasteiger partial charge >= 0.3 is 5.69 Å². The van der Waals surface area contributed by atoms with E-state index in [4.69, 9.17) is 30.5 Å². The molecule has 3 aromatic rings. The van der Waals surface area contributed by atoms with E-state index in [1.54, 1.807) is 26.4 Å². The maximum absolute atomic E-state index is 11.9. The Balaban J connectivity index is 1.82. The zero-order chi connectivity index (χ0) is 24.7. The summed E-state index contributed by atoms with van der Waals surface area (Å²) in [5.74, 6) is 2.05. The molecular weight excluding hydrogens is 466 g/mol. The first kappa shape index (κ1) is 24.6. The van der Waals surface area contributed by atoms with Crippen LogP contribution in [0.15, 0.2) is 36.7 Å². The standard InChI is InChI=1S/C22H24ClN5O6/c1-31-16-6-5-13(9-19(16)34-4)7-8-24-21-20(28(29)30)22(26-12-25-21)27-15-10-14(23)17(32-2)11-18(15)33-3/h5-6,9-12H,7-8H2,1-4H3,(H2,24,25,26,27). The molecule has 0 amide bonds. The van der Waals surface area contributed by atoms with Crippen LogP contribution in [0, 0.1) is 10.1 Å². The first-order chi connectivity index (χ1) is 16.4. The van der Waals surface area contributed by atoms with E-state index in [0.717, 1.165) is 5.56 Å². The molecule has 0 spiro atoms. The van der Waals surface area contributed by atoms with Gasteiger partial charge in [0.2, 0.25) is 11.6 Å². The maximum atomic E-state index is 11.9. The topological polar surface area (TPSA) is 130 Å². The molecule has 1 aromatic heterocycles. The Labute approximate surface area is 201 Å². The normalized spacial score (nSPS) is 10.4. The molecule has 0 aliphatic heterocycles. The zero-order valence-electron chi connectivity index (χ0n) is 19.0. The molecule has 0 aliphatic rings. The fourth-order valence-corrected chi connectivity index (χ4v) is 3.46. The second-order valence-electron chi connectivity index (χ2n) is 6.85. The van der Waals surface area contributed by atoms with Gasteiger partial charge in [0.15, 0.2) is 11.5 Å². The van der Waals surface area contributed by atoms with Crippen LogP contribution in [0.1, 0.15) is 5.56 Å². The van der Waals surface area contributed by atoms with E-state index >= 15 is 0 Å². The van der Waals surface area contributed by atoms with Crippen LogP contribution in [-0.4, -0.2) is 49.9 Å². The Morgan fingerprint density at radius 2 is 1.59 bits per heavy atom. The van der Waals surface area contributed by atoms with Gasteiger partial charge in [0, 0.05) is 12.6 Å². The summed E-state index contributed by atoms with van der Waals surface area (Å²) in [4.78, 5) is 19.4. The molecule has 2 N–H and O–H groups in total. The van der Waals surface area contributed by atoms with E-state index in [1.165, 1.54) is 26.6 Å². The summed E-state index contributed by atoms with van der Waals surface area (Å²) < 4.78 is 21.1. The summed E-state index contributed by atoms with van der Waals surface area (Å²) in [5, 5.41) is 18.1. The lowest BCUT2D eigenvalue weighted by Crippen LogP contribution is -2.11. The SMILES string of the molecule is COc1cc(OC)c(Nc2ncnc(NCCc3ccc(OC)c(OC)c3)c2[N+](=O)[O-])cc1Cl. The lowest BCUT2D eigenvalue weighted by molar-refractivity contribution is -0.383. The number of aromatic nitrogens is 2. The molecule has 0 saturated carbocycles. The summed E-state index contributed by atoms with van der Waals surface area (Å²) in [5.41, 5.74) is 1.02. The Kier molecular flexibility index (Phi) is 8.14. The highest BCUT2D eigenvalue weighted by atomic mass is 35.5. The lowest BCUT2D eigenvalue weighted by atomic mass is 10.1. The summed E-state index contributed by atoms with van der Waals surface area (Å²) in [6.45, 7) is 0.379. The number of anilines is 3. The van der Waals surface area contributed by atoms with E-state index in [9.17, 15) is 10.1 Å². The molecule has 0 atom stereocenters. The van der Waals surface area contributed by atoms with Gasteiger partial charge in [0.1, 0.15) is 17.8 Å². The molecule has 1 heterocycles. The third-order valence-corrected chi connectivity index (χ3v) is 5.18. The zero-order valence-corrected chi connectivity index (χ0v) is 19.8. The number of nitrogens with zero attached hydrogens (tertiary/aromatic N) is 3. The highest BCUT2D eigenvalue weighted by Crippen LogP contribution is 2.39. The monoisotopic (exact) mass is 489 g/mol. The minimum absolute atomic E-state index is 0.0202. The van der Waals surface area contributed by atoms with Gasteiger partial charge in [0.25, 0.3) is 0 Å². The van der Waals surface area contributed by atoms with Crippen LogP contribution in [0.3, 0.4) is 0 Å². The van der Waals surface area contributed by atoms with Crippen LogP contribution < -0.4 is 29.6 Å². The Bertz CT molecular complexity index is 1180. The Morgan fingerprint density at radius 1 is 0.912 bits per heavy atom. The fourth-order valence-electron chi connectivity index (χ4n) is 3.22. The molecule has 11 nitrogen and oxygen atoms in total. The quantitative estimate of drug-likeness (QED) is 0.294. The van der Waals surface area contributed by atoms with Gasteiger partial charge in [0.05, 0.1) is 44.1 Å². The van der Waals surface area contributed by atoms with E-state index in [0.29, 0.717) is 46.7 Å². The molecule has 180 valence electrons. The second kappa shape index (κ2) is 11.2. The predicted molar refractivity (Wildman–Crippen MR) is 128 cm³/mol. The first-order valence-corrected chi connectivity index (χ1v) is 10.4. The third-order valence-electron chi connectivity index (χ3n) is 4.89. The smallest absolute Gasteiger partial charge is 0.353 e. The highest BCUT2D eigenvalue weighted by molar-refractivity contribution is 6.32. The molecule has 12 heteroatoms. The summed E-state index contributed by atoms with van der Waals surface area (Å²) in [6, 6.07) is 8.65. The van der Waals surface area contributed by atoms with Crippen molar-refractivity contribution in [3.05, 3.63) is 57.4 Å². The molecular formula is C22H24ClN5O6. The number of hydrogen-bond acceptors (Lipinski definition) is 10. The van der Waals surface area contributed by atoms with Crippen LogP contribution in [0.4, 0.5) is 23.0 Å². The van der Waals surface area contributed by atoms with Crippen molar-refractivity contribution in [2.24, 2.45) is 0 Å². The minimum Gasteiger partial charge on any atom is -0.495 e. The van der Waals surface area contributed by atoms with E-state index in [1.807, 2.05) is 12.1 Å². The van der Waals surface area contributed by atoms with Crippen molar-refractivity contribution in [1.29, 1.82) is 0 Å². The number of hydrogen-bond donors (Lipinski definition) is 2. The van der Waals surface area contributed by atoms with Gasteiger partial charge in [-0.15, -0.1) is 0 Å². The molecule has 0 aliphatic carbocycles. The van der Waals surface area contributed by atoms with Crippen molar-refractivity contribution in [2.45, 2.75) is 6.42 Å². The number of rotatable bonds is 11. The predicted octanol–water partition coefficient (Wildman–Crippen LogP) is 4.47. The Hall–Kier alpha value is -3.99. The van der Waals surface area contributed by atoms with Gasteiger partial charge in [-0.25, -0.2) is 9.97 Å². The van der Waals surface area contributed by atoms with Crippen molar-refractivity contribution in [3.8, 4) is 23.0 Å². The van der Waals surface area contributed by atoms with Crippen LogP contribution in [0.25, 0.3) is 0 Å². The fraction of sp³-hybridized carbons (Fsp3) is 0.273. The van der Waals surface area contributed by atoms with Crippen LogP contribution >= 0.6 is 11.6 Å². The molecule has 0 fully saturated rings. The molecule has 0 bridgehead atoms. The summed E-state index contributed by atoms with van der Waals surface area (Å²) in [7, 11) is 6.06. The van der Waals surface area contributed by atoms with E-state index < -0.39 is 4.92 Å². The molecule has 0 radical (unpaired) electrons. The summed E-state index contributed by atoms with van der Waals surface area (Å²) >= 11 is 6.21. The number of halogens is 1. The number of methoxy groups -OCH3 is 4. The lowest BCUT2D eigenvalue weighted by Gasteiger charge is -2.14. The number of nitro groups is 1. The van der Waals surface area contributed by atoms with Crippen molar-refractivity contribution < 1.29 is 23.9 Å². The number of nitrogens with one attached hydrogen (secondary N) is 2. The van der Waals surface area contributed by atoms with Crippen LogP contribution in [0.2, 0.25) is 5.02 Å².